The molecule has 8 aromatic rings. The molecule has 4 nitrogen and oxygen atoms in total. The number of rotatable bonds is 2. The van der Waals surface area contributed by atoms with Crippen LogP contribution in [0.25, 0.3) is 66.7 Å². The highest BCUT2D eigenvalue weighted by Crippen LogP contribution is 2.39. The molecule has 9 rings (SSSR count). The van der Waals surface area contributed by atoms with Gasteiger partial charge in [0, 0.05) is 39.6 Å². The van der Waals surface area contributed by atoms with Crippen molar-refractivity contribution >= 4 is 55.3 Å². The molecule has 4 heterocycles. The fourth-order valence-electron chi connectivity index (χ4n) is 6.93. The minimum Gasteiger partial charge on any atom is -0.309 e. The first-order valence-corrected chi connectivity index (χ1v) is 14.0. The van der Waals surface area contributed by atoms with Crippen molar-refractivity contribution in [2.24, 2.45) is 0 Å². The van der Waals surface area contributed by atoms with Crippen LogP contribution in [0.2, 0.25) is 0 Å². The Morgan fingerprint density at radius 1 is 0.650 bits per heavy atom. The van der Waals surface area contributed by atoms with Gasteiger partial charge in [-0.2, -0.15) is 0 Å². The highest BCUT2D eigenvalue weighted by atomic mass is 15.1. The molecule has 0 saturated carbocycles. The number of fused-ring (bicyclic) bond motifs is 10. The maximum absolute atomic E-state index is 5.18. The summed E-state index contributed by atoms with van der Waals surface area (Å²) in [5, 5.41) is 4.95. The van der Waals surface area contributed by atoms with Gasteiger partial charge in [0.2, 0.25) is 0 Å². The molecule has 4 aromatic carbocycles. The molecule has 4 aromatic heterocycles. The summed E-state index contributed by atoms with van der Waals surface area (Å²) >= 11 is 0. The van der Waals surface area contributed by atoms with E-state index in [0.29, 0.717) is 5.92 Å². The standard InChI is InChI=1S/C36H26N4/c1-23-10-9-15-29-35(23)38-21-20-33-34(36(38)37-29)27-14-6-8-17-31(27)40(33)25-18-19-32-28(22-25)26-13-5-7-16-30(26)39(32)24-11-3-2-4-12-24/h2-9,11-23H,10H2,1H3. The van der Waals surface area contributed by atoms with E-state index < -0.39 is 0 Å². The highest BCUT2D eigenvalue weighted by molar-refractivity contribution is 6.16. The van der Waals surface area contributed by atoms with Gasteiger partial charge in [0.1, 0.15) is 5.65 Å². The van der Waals surface area contributed by atoms with Gasteiger partial charge in [-0.15, -0.1) is 0 Å². The number of pyridine rings is 1. The molecule has 0 saturated heterocycles. The van der Waals surface area contributed by atoms with Crippen LogP contribution in [-0.2, 0) is 0 Å². The number of para-hydroxylation sites is 3. The largest absolute Gasteiger partial charge is 0.309 e. The van der Waals surface area contributed by atoms with E-state index in [4.69, 9.17) is 4.98 Å². The van der Waals surface area contributed by atoms with E-state index in [2.05, 4.69) is 142 Å². The van der Waals surface area contributed by atoms with Gasteiger partial charge >= 0.3 is 0 Å². The van der Waals surface area contributed by atoms with Crippen LogP contribution < -0.4 is 0 Å². The SMILES string of the molecule is CC1CC=Cc2nc3c4c5ccccc5n(-c5ccc6c(c5)c5ccccc5n6-c5ccccc5)c4ccn3c21. The lowest BCUT2D eigenvalue weighted by Crippen LogP contribution is -2.02. The van der Waals surface area contributed by atoms with E-state index in [1.54, 1.807) is 0 Å². The summed E-state index contributed by atoms with van der Waals surface area (Å²) in [7, 11) is 0. The maximum Gasteiger partial charge on any atom is 0.147 e. The number of aromatic nitrogens is 4. The fraction of sp³-hybridized carbons (Fsp3) is 0.0833. The van der Waals surface area contributed by atoms with Gasteiger partial charge in [0.05, 0.1) is 38.8 Å². The molecule has 0 fully saturated rings. The van der Waals surface area contributed by atoms with Crippen LogP contribution in [-0.4, -0.2) is 18.5 Å². The number of allylic oxidation sites excluding steroid dienone is 1. The second kappa shape index (κ2) is 7.96. The summed E-state index contributed by atoms with van der Waals surface area (Å²) in [5.74, 6) is 0.449. The monoisotopic (exact) mass is 514 g/mol. The van der Waals surface area contributed by atoms with Crippen LogP contribution in [0.4, 0.5) is 0 Å². The second-order valence-corrected chi connectivity index (χ2v) is 10.9. The van der Waals surface area contributed by atoms with Crippen LogP contribution in [0.15, 0.2) is 115 Å². The Morgan fingerprint density at radius 2 is 1.35 bits per heavy atom. The lowest BCUT2D eigenvalue weighted by molar-refractivity contribution is 0.731. The summed E-state index contributed by atoms with van der Waals surface area (Å²) < 4.78 is 7.10. The first-order chi connectivity index (χ1) is 19.8. The number of nitrogens with zero attached hydrogens (tertiary/aromatic N) is 4. The van der Waals surface area contributed by atoms with E-state index in [9.17, 15) is 0 Å². The number of imidazole rings is 1. The zero-order chi connectivity index (χ0) is 26.4. The third kappa shape index (κ3) is 2.83. The molecule has 40 heavy (non-hydrogen) atoms. The minimum absolute atomic E-state index is 0.449. The average Bonchev–Trinajstić information content (AvgIpc) is 3.65. The molecule has 4 heteroatoms. The van der Waals surface area contributed by atoms with Crippen LogP contribution in [0, 0.1) is 0 Å². The van der Waals surface area contributed by atoms with E-state index >= 15 is 0 Å². The van der Waals surface area contributed by atoms with Crippen molar-refractivity contribution in [3.8, 4) is 11.4 Å². The van der Waals surface area contributed by atoms with Gasteiger partial charge < -0.3 is 13.5 Å². The Morgan fingerprint density at radius 3 is 2.20 bits per heavy atom. The molecule has 0 amide bonds. The van der Waals surface area contributed by atoms with Crippen molar-refractivity contribution in [2.75, 3.05) is 0 Å². The lowest BCUT2D eigenvalue weighted by atomic mass is 9.97. The fourth-order valence-corrected chi connectivity index (χ4v) is 6.93. The molecule has 0 spiro atoms. The van der Waals surface area contributed by atoms with Crippen LogP contribution >= 0.6 is 0 Å². The predicted octanol–water partition coefficient (Wildman–Crippen LogP) is 9.05. The molecule has 1 unspecified atom stereocenters. The summed E-state index contributed by atoms with van der Waals surface area (Å²) in [6, 6.07) is 37.3. The molecule has 1 aliphatic rings. The normalized spacial score (nSPS) is 15.2. The molecule has 190 valence electrons. The summed E-state index contributed by atoms with van der Waals surface area (Å²) in [4.78, 5) is 5.18. The van der Waals surface area contributed by atoms with Gasteiger partial charge in [-0.1, -0.05) is 67.6 Å². The maximum atomic E-state index is 5.18. The third-order valence-corrected chi connectivity index (χ3v) is 8.65. The molecular weight excluding hydrogens is 488 g/mol. The van der Waals surface area contributed by atoms with Crippen molar-refractivity contribution < 1.29 is 0 Å². The molecule has 1 atom stereocenters. The smallest absolute Gasteiger partial charge is 0.147 e. The van der Waals surface area contributed by atoms with Gasteiger partial charge in [-0.25, -0.2) is 4.98 Å². The topological polar surface area (TPSA) is 27.2 Å². The molecule has 0 radical (unpaired) electrons. The Hall–Kier alpha value is -5.09. The Bertz CT molecular complexity index is 2310. The third-order valence-electron chi connectivity index (χ3n) is 8.65. The predicted molar refractivity (Wildman–Crippen MR) is 166 cm³/mol. The van der Waals surface area contributed by atoms with Crippen molar-refractivity contribution in [3.05, 3.63) is 127 Å². The number of benzene rings is 4. The van der Waals surface area contributed by atoms with Gasteiger partial charge in [-0.05, 0) is 61.0 Å². The molecular formula is C36H26N4. The first kappa shape index (κ1) is 21.8. The van der Waals surface area contributed by atoms with Crippen molar-refractivity contribution in [2.45, 2.75) is 19.3 Å². The molecule has 1 aliphatic carbocycles. The van der Waals surface area contributed by atoms with Crippen LogP contribution in [0.3, 0.4) is 0 Å². The van der Waals surface area contributed by atoms with Gasteiger partial charge in [-0.3, -0.25) is 0 Å². The molecule has 0 bridgehead atoms. The first-order valence-electron chi connectivity index (χ1n) is 14.0. The van der Waals surface area contributed by atoms with Crippen LogP contribution in [0.1, 0.15) is 30.7 Å². The van der Waals surface area contributed by atoms with E-state index in [1.165, 1.54) is 55.0 Å². The number of hydrogen-bond donors (Lipinski definition) is 0. The quantitative estimate of drug-likeness (QED) is 0.226. The summed E-state index contributed by atoms with van der Waals surface area (Å²) in [6.45, 7) is 2.30. The van der Waals surface area contributed by atoms with E-state index in [1.807, 2.05) is 0 Å². The summed E-state index contributed by atoms with van der Waals surface area (Å²) in [6.07, 6.45) is 7.70. The van der Waals surface area contributed by atoms with Gasteiger partial charge in [0.25, 0.3) is 0 Å². The van der Waals surface area contributed by atoms with Crippen LogP contribution in [0.5, 0.6) is 0 Å². The van der Waals surface area contributed by atoms with Gasteiger partial charge in [0.15, 0.2) is 0 Å². The van der Waals surface area contributed by atoms with Crippen molar-refractivity contribution in [1.82, 2.24) is 18.5 Å². The van der Waals surface area contributed by atoms with E-state index in [0.717, 1.165) is 23.4 Å². The Labute approximate surface area is 231 Å². The highest BCUT2D eigenvalue weighted by Gasteiger charge is 2.23. The lowest BCUT2D eigenvalue weighted by Gasteiger charge is -2.14. The van der Waals surface area contributed by atoms with Crippen molar-refractivity contribution in [3.63, 3.8) is 0 Å². The molecule has 0 N–H and O–H groups in total. The van der Waals surface area contributed by atoms with Crippen molar-refractivity contribution in [1.29, 1.82) is 0 Å². The second-order valence-electron chi connectivity index (χ2n) is 10.9. The Kier molecular flexibility index (Phi) is 4.34. The van der Waals surface area contributed by atoms with E-state index in [-0.39, 0.29) is 0 Å². The summed E-state index contributed by atoms with van der Waals surface area (Å²) in [5.41, 5.74) is 10.6. The Balaban J connectivity index is 1.37. The number of hydrogen-bond acceptors (Lipinski definition) is 1. The average molecular weight is 515 g/mol. The minimum atomic E-state index is 0.449. The zero-order valence-corrected chi connectivity index (χ0v) is 22.1. The zero-order valence-electron chi connectivity index (χ0n) is 22.1. The molecule has 0 aliphatic heterocycles.